The molecule has 1 N–H and O–H groups in total. The van der Waals surface area contributed by atoms with E-state index in [1.54, 1.807) is 0 Å². The van der Waals surface area contributed by atoms with Gasteiger partial charge in [0.05, 0.1) is 0 Å². The molecule has 0 aliphatic carbocycles. The quantitative estimate of drug-likeness (QED) is 0.810. The van der Waals surface area contributed by atoms with Crippen LogP contribution in [0.4, 0.5) is 5.69 Å². The second-order valence-corrected chi connectivity index (χ2v) is 5.94. The number of nitrogens with zero attached hydrogens (tertiary/aromatic N) is 1. The van der Waals surface area contributed by atoms with E-state index in [1.165, 1.54) is 16.1 Å². The third-order valence-electron chi connectivity index (χ3n) is 3.65. The molecular formula is C17H24N2S. The first-order chi connectivity index (χ1) is 9.74. The van der Waals surface area contributed by atoms with Crippen molar-refractivity contribution >= 4 is 17.0 Å². The van der Waals surface area contributed by atoms with Gasteiger partial charge in [-0.15, -0.1) is 11.3 Å². The Bertz CT molecular complexity index is 486. The molecule has 1 aromatic carbocycles. The number of benzene rings is 1. The van der Waals surface area contributed by atoms with Crippen LogP contribution in [0.15, 0.2) is 41.8 Å². The highest BCUT2D eigenvalue weighted by atomic mass is 32.1. The van der Waals surface area contributed by atoms with E-state index in [2.05, 4.69) is 72.8 Å². The lowest BCUT2D eigenvalue weighted by Crippen LogP contribution is -2.22. The van der Waals surface area contributed by atoms with Gasteiger partial charge in [0.2, 0.25) is 0 Å². The average molecular weight is 288 g/mol. The highest BCUT2D eigenvalue weighted by Gasteiger charge is 2.06. The number of hydrogen-bond donors (Lipinski definition) is 1. The lowest BCUT2D eigenvalue weighted by Gasteiger charge is -2.21. The third kappa shape index (κ3) is 3.84. The molecule has 3 heteroatoms. The Labute approximate surface area is 126 Å². The van der Waals surface area contributed by atoms with Crippen molar-refractivity contribution in [3.8, 4) is 0 Å². The number of thiophene rings is 1. The summed E-state index contributed by atoms with van der Waals surface area (Å²) in [5, 5.41) is 5.71. The van der Waals surface area contributed by atoms with Gasteiger partial charge in [0.15, 0.2) is 0 Å². The molecule has 2 nitrogen and oxygen atoms in total. The first kappa shape index (κ1) is 15.1. The summed E-state index contributed by atoms with van der Waals surface area (Å²) in [6.07, 6.45) is 0. The summed E-state index contributed by atoms with van der Waals surface area (Å²) in [5.74, 6) is 0. The molecule has 0 aliphatic rings. The van der Waals surface area contributed by atoms with Crippen molar-refractivity contribution in [1.29, 1.82) is 0 Å². The Morgan fingerprint density at radius 2 is 1.80 bits per heavy atom. The van der Waals surface area contributed by atoms with Gasteiger partial charge >= 0.3 is 0 Å². The molecule has 108 valence electrons. The minimum atomic E-state index is 0.414. The van der Waals surface area contributed by atoms with Gasteiger partial charge in [-0.05, 0) is 49.9 Å². The molecule has 0 saturated carbocycles. The highest BCUT2D eigenvalue weighted by molar-refractivity contribution is 7.10. The zero-order valence-corrected chi connectivity index (χ0v) is 13.4. The third-order valence-corrected chi connectivity index (χ3v) is 4.70. The second-order valence-electron chi connectivity index (χ2n) is 4.96. The molecule has 20 heavy (non-hydrogen) atoms. The summed E-state index contributed by atoms with van der Waals surface area (Å²) >= 11 is 1.81. The van der Waals surface area contributed by atoms with Crippen LogP contribution in [0.2, 0.25) is 0 Å². The van der Waals surface area contributed by atoms with Gasteiger partial charge in [0.25, 0.3) is 0 Å². The van der Waals surface area contributed by atoms with Gasteiger partial charge in [0.1, 0.15) is 0 Å². The maximum absolute atomic E-state index is 3.57. The molecule has 0 radical (unpaired) electrons. The fourth-order valence-electron chi connectivity index (χ4n) is 2.32. The van der Waals surface area contributed by atoms with Gasteiger partial charge in [0, 0.05) is 36.2 Å². The van der Waals surface area contributed by atoms with E-state index in [1.807, 2.05) is 11.3 Å². The van der Waals surface area contributed by atoms with E-state index in [9.17, 15) is 0 Å². The molecule has 1 heterocycles. The zero-order chi connectivity index (χ0) is 14.4. The highest BCUT2D eigenvalue weighted by Crippen LogP contribution is 2.19. The van der Waals surface area contributed by atoms with Crippen LogP contribution in [-0.2, 0) is 6.54 Å². The zero-order valence-electron chi connectivity index (χ0n) is 12.6. The van der Waals surface area contributed by atoms with Crippen molar-refractivity contribution in [2.45, 2.75) is 33.4 Å². The molecule has 0 saturated heterocycles. The molecule has 0 amide bonds. The van der Waals surface area contributed by atoms with Crippen LogP contribution in [0.3, 0.4) is 0 Å². The molecule has 0 fully saturated rings. The molecule has 0 bridgehead atoms. The Hall–Kier alpha value is -1.32. The number of hydrogen-bond acceptors (Lipinski definition) is 3. The van der Waals surface area contributed by atoms with Gasteiger partial charge in [-0.2, -0.15) is 0 Å². The van der Waals surface area contributed by atoms with Gasteiger partial charge in [-0.25, -0.2) is 0 Å². The van der Waals surface area contributed by atoms with Crippen LogP contribution in [0, 0.1) is 0 Å². The molecule has 2 rings (SSSR count). The largest absolute Gasteiger partial charge is 0.372 e. The van der Waals surface area contributed by atoms with E-state index in [-0.39, 0.29) is 0 Å². The van der Waals surface area contributed by atoms with Crippen molar-refractivity contribution in [2.75, 3.05) is 18.0 Å². The molecule has 0 unspecified atom stereocenters. The van der Waals surface area contributed by atoms with Gasteiger partial charge in [-0.3, -0.25) is 0 Å². The van der Waals surface area contributed by atoms with Crippen LogP contribution in [-0.4, -0.2) is 13.1 Å². The topological polar surface area (TPSA) is 15.3 Å². The van der Waals surface area contributed by atoms with Crippen molar-refractivity contribution in [1.82, 2.24) is 5.32 Å². The molecule has 2 aromatic rings. The summed E-state index contributed by atoms with van der Waals surface area (Å²) in [5.41, 5.74) is 2.65. The Morgan fingerprint density at radius 1 is 1.10 bits per heavy atom. The van der Waals surface area contributed by atoms with Gasteiger partial charge in [-0.1, -0.05) is 18.2 Å². The van der Waals surface area contributed by atoms with Crippen LogP contribution < -0.4 is 10.2 Å². The van der Waals surface area contributed by atoms with E-state index in [0.717, 1.165) is 19.6 Å². The fourth-order valence-corrected chi connectivity index (χ4v) is 3.08. The number of anilines is 1. The maximum Gasteiger partial charge on any atom is 0.0388 e. The van der Waals surface area contributed by atoms with Crippen molar-refractivity contribution in [2.24, 2.45) is 0 Å². The number of nitrogens with one attached hydrogen (secondary N) is 1. The Kier molecular flexibility index (Phi) is 5.62. The summed E-state index contributed by atoms with van der Waals surface area (Å²) < 4.78 is 0. The first-order valence-corrected chi connectivity index (χ1v) is 8.23. The SMILES string of the molecule is CCN(CC)c1ccc(CN[C@@H](C)c2cccs2)cc1. The van der Waals surface area contributed by atoms with Crippen LogP contribution in [0.25, 0.3) is 0 Å². The lowest BCUT2D eigenvalue weighted by atomic mass is 10.1. The standard InChI is InChI=1S/C17H24N2S/c1-4-19(5-2)16-10-8-15(9-11-16)13-18-14(3)17-7-6-12-20-17/h6-12,14,18H,4-5,13H2,1-3H3/t14-/m0/s1. The summed E-state index contributed by atoms with van der Waals surface area (Å²) in [6.45, 7) is 9.64. The van der Waals surface area contributed by atoms with E-state index in [4.69, 9.17) is 0 Å². The summed E-state index contributed by atoms with van der Waals surface area (Å²) in [6, 6.07) is 13.6. The fraction of sp³-hybridized carbons (Fsp3) is 0.412. The van der Waals surface area contributed by atoms with Gasteiger partial charge < -0.3 is 10.2 Å². The smallest absolute Gasteiger partial charge is 0.0388 e. The van der Waals surface area contributed by atoms with Crippen LogP contribution in [0.1, 0.15) is 37.3 Å². The average Bonchev–Trinajstić information content (AvgIpc) is 3.01. The predicted molar refractivity (Wildman–Crippen MR) is 89.6 cm³/mol. The normalized spacial score (nSPS) is 12.3. The summed E-state index contributed by atoms with van der Waals surface area (Å²) in [7, 11) is 0. The maximum atomic E-state index is 3.57. The Morgan fingerprint density at radius 3 is 2.35 bits per heavy atom. The first-order valence-electron chi connectivity index (χ1n) is 7.35. The number of rotatable bonds is 7. The summed E-state index contributed by atoms with van der Waals surface area (Å²) in [4.78, 5) is 3.76. The molecule has 1 aromatic heterocycles. The molecule has 0 aliphatic heterocycles. The molecular weight excluding hydrogens is 264 g/mol. The van der Waals surface area contributed by atoms with Crippen molar-refractivity contribution in [3.05, 3.63) is 52.2 Å². The van der Waals surface area contributed by atoms with Crippen molar-refractivity contribution < 1.29 is 0 Å². The van der Waals surface area contributed by atoms with Crippen molar-refractivity contribution in [3.63, 3.8) is 0 Å². The predicted octanol–water partition coefficient (Wildman–Crippen LogP) is 4.45. The minimum Gasteiger partial charge on any atom is -0.372 e. The molecule has 0 spiro atoms. The molecule has 1 atom stereocenters. The van der Waals surface area contributed by atoms with Crippen LogP contribution in [0.5, 0.6) is 0 Å². The van der Waals surface area contributed by atoms with E-state index < -0.39 is 0 Å². The Balaban J connectivity index is 1.91. The van der Waals surface area contributed by atoms with E-state index in [0.29, 0.717) is 6.04 Å². The lowest BCUT2D eigenvalue weighted by molar-refractivity contribution is 0.583. The van der Waals surface area contributed by atoms with E-state index >= 15 is 0 Å². The monoisotopic (exact) mass is 288 g/mol. The minimum absolute atomic E-state index is 0.414. The second kappa shape index (κ2) is 7.46. The van der Waals surface area contributed by atoms with Crippen LogP contribution >= 0.6 is 11.3 Å².